The van der Waals surface area contributed by atoms with Gasteiger partial charge >= 0.3 is 5.97 Å². The van der Waals surface area contributed by atoms with E-state index in [1.165, 1.54) is 0 Å². The molecule has 0 aromatic rings. The van der Waals surface area contributed by atoms with Crippen LogP contribution in [0.3, 0.4) is 0 Å². The Hall–Kier alpha value is -1.05. The van der Waals surface area contributed by atoms with Crippen LogP contribution in [-0.2, 0) is 4.79 Å². The summed E-state index contributed by atoms with van der Waals surface area (Å²) in [7, 11) is 0. The lowest BCUT2D eigenvalue weighted by Gasteiger charge is -1.84. The number of rotatable bonds is 5. The Bertz CT molecular complexity index is 157. The van der Waals surface area contributed by atoms with Gasteiger partial charge in [0.15, 0.2) is 0 Å². The fourth-order valence-electron chi connectivity index (χ4n) is 0.596. The number of hydrogen-bond acceptors (Lipinski definition) is 1. The van der Waals surface area contributed by atoms with Crippen LogP contribution in [0.15, 0.2) is 24.3 Å². The fraction of sp³-hybridized carbons (Fsp3) is 0.444. The van der Waals surface area contributed by atoms with Crippen LogP contribution < -0.4 is 0 Å². The Kier molecular flexibility index (Phi) is 6.39. The predicted molar refractivity (Wildman–Crippen MR) is 45.4 cm³/mol. The molecule has 0 bridgehead atoms. The number of allylic oxidation sites excluding steroid dienone is 4. The van der Waals surface area contributed by atoms with Crippen molar-refractivity contribution in [3.8, 4) is 0 Å². The van der Waals surface area contributed by atoms with Gasteiger partial charge in [-0.2, -0.15) is 0 Å². The van der Waals surface area contributed by atoms with Crippen molar-refractivity contribution in [3.63, 3.8) is 0 Å². The Morgan fingerprint density at radius 3 is 2.55 bits per heavy atom. The van der Waals surface area contributed by atoms with E-state index in [4.69, 9.17) is 5.11 Å². The van der Waals surface area contributed by atoms with Gasteiger partial charge in [-0.05, 0) is 12.8 Å². The van der Waals surface area contributed by atoms with Gasteiger partial charge in [0.2, 0.25) is 0 Å². The molecule has 0 heterocycles. The minimum atomic E-state index is -0.742. The molecule has 0 aliphatic heterocycles. The van der Waals surface area contributed by atoms with E-state index in [-0.39, 0.29) is 6.42 Å². The Morgan fingerprint density at radius 1 is 1.36 bits per heavy atom. The van der Waals surface area contributed by atoms with Crippen LogP contribution >= 0.6 is 0 Å². The topological polar surface area (TPSA) is 37.3 Å². The maximum Gasteiger partial charge on any atom is 0.303 e. The van der Waals surface area contributed by atoms with Gasteiger partial charge < -0.3 is 5.11 Å². The molecule has 0 saturated heterocycles. The van der Waals surface area contributed by atoms with E-state index in [1.807, 2.05) is 24.3 Å². The molecule has 62 valence electrons. The molecule has 0 radical (unpaired) electrons. The van der Waals surface area contributed by atoms with Gasteiger partial charge in [-0.15, -0.1) is 0 Å². The highest BCUT2D eigenvalue weighted by Gasteiger charge is 1.90. The van der Waals surface area contributed by atoms with E-state index in [0.717, 1.165) is 6.42 Å². The van der Waals surface area contributed by atoms with Crippen molar-refractivity contribution in [2.75, 3.05) is 0 Å². The SMILES string of the molecule is CC/C=C\C=C\CCC(=O)O. The van der Waals surface area contributed by atoms with Crippen molar-refractivity contribution in [3.05, 3.63) is 24.3 Å². The van der Waals surface area contributed by atoms with Crippen molar-refractivity contribution < 1.29 is 9.90 Å². The van der Waals surface area contributed by atoms with E-state index in [1.54, 1.807) is 0 Å². The van der Waals surface area contributed by atoms with E-state index < -0.39 is 5.97 Å². The molecule has 0 unspecified atom stereocenters. The zero-order valence-corrected chi connectivity index (χ0v) is 6.79. The van der Waals surface area contributed by atoms with Gasteiger partial charge in [-0.25, -0.2) is 0 Å². The fourth-order valence-corrected chi connectivity index (χ4v) is 0.596. The van der Waals surface area contributed by atoms with Gasteiger partial charge in [0.1, 0.15) is 0 Å². The van der Waals surface area contributed by atoms with Crippen molar-refractivity contribution in [2.45, 2.75) is 26.2 Å². The number of aliphatic carboxylic acids is 1. The highest BCUT2D eigenvalue weighted by molar-refractivity contribution is 5.66. The first-order valence-corrected chi connectivity index (χ1v) is 3.80. The molecule has 11 heavy (non-hydrogen) atoms. The molecule has 0 saturated carbocycles. The zero-order chi connectivity index (χ0) is 8.53. The van der Waals surface area contributed by atoms with E-state index >= 15 is 0 Å². The molecule has 2 heteroatoms. The average Bonchev–Trinajstić information content (AvgIpc) is 1.96. The number of carboxylic acids is 1. The summed E-state index contributed by atoms with van der Waals surface area (Å²) in [5.74, 6) is -0.742. The summed E-state index contributed by atoms with van der Waals surface area (Å²) < 4.78 is 0. The highest BCUT2D eigenvalue weighted by Crippen LogP contribution is 1.91. The normalized spacial score (nSPS) is 11.4. The summed E-state index contributed by atoms with van der Waals surface area (Å²) in [6.45, 7) is 2.06. The predicted octanol–water partition coefficient (Wildman–Crippen LogP) is 2.37. The third kappa shape index (κ3) is 8.95. The van der Waals surface area contributed by atoms with Crippen LogP contribution in [0, 0.1) is 0 Å². The first kappa shape index (κ1) is 9.95. The molecule has 0 aliphatic carbocycles. The molecule has 0 fully saturated rings. The van der Waals surface area contributed by atoms with Gasteiger partial charge in [-0.1, -0.05) is 31.2 Å². The van der Waals surface area contributed by atoms with Gasteiger partial charge in [0, 0.05) is 6.42 Å². The lowest BCUT2D eigenvalue weighted by atomic mass is 10.3. The quantitative estimate of drug-likeness (QED) is 0.617. The maximum absolute atomic E-state index is 10.0. The first-order valence-electron chi connectivity index (χ1n) is 3.80. The van der Waals surface area contributed by atoms with Crippen LogP contribution in [0.4, 0.5) is 0 Å². The molecular formula is C9H14O2. The molecule has 0 rings (SSSR count). The first-order chi connectivity index (χ1) is 5.27. The monoisotopic (exact) mass is 154 g/mol. The highest BCUT2D eigenvalue weighted by atomic mass is 16.4. The van der Waals surface area contributed by atoms with Crippen molar-refractivity contribution >= 4 is 5.97 Å². The summed E-state index contributed by atoms with van der Waals surface area (Å²) in [6, 6.07) is 0. The Labute approximate surface area is 67.2 Å². The summed E-state index contributed by atoms with van der Waals surface area (Å²) >= 11 is 0. The maximum atomic E-state index is 10.0. The van der Waals surface area contributed by atoms with Crippen molar-refractivity contribution in [1.29, 1.82) is 0 Å². The standard InChI is InChI=1S/C9H14O2/c1-2-3-4-5-6-7-8-9(10)11/h3-6H,2,7-8H2,1H3,(H,10,11)/b4-3-,6-5+. The molecular weight excluding hydrogens is 140 g/mol. The van der Waals surface area contributed by atoms with Crippen molar-refractivity contribution in [2.24, 2.45) is 0 Å². The van der Waals surface area contributed by atoms with Crippen LogP contribution in [0.5, 0.6) is 0 Å². The second kappa shape index (κ2) is 7.06. The number of hydrogen-bond donors (Lipinski definition) is 1. The number of carboxylic acid groups (broad SMARTS) is 1. The summed E-state index contributed by atoms with van der Waals surface area (Å²) in [4.78, 5) is 10.0. The molecule has 2 nitrogen and oxygen atoms in total. The van der Waals surface area contributed by atoms with E-state index in [0.29, 0.717) is 6.42 Å². The van der Waals surface area contributed by atoms with E-state index in [9.17, 15) is 4.79 Å². The summed E-state index contributed by atoms with van der Waals surface area (Å²) in [5, 5.41) is 8.26. The van der Waals surface area contributed by atoms with Crippen LogP contribution in [0.25, 0.3) is 0 Å². The summed E-state index contributed by atoms with van der Waals surface area (Å²) in [5.41, 5.74) is 0. The Balaban J connectivity index is 3.30. The number of carbonyl (C=O) groups is 1. The molecule has 0 aliphatic rings. The largest absolute Gasteiger partial charge is 0.481 e. The molecule has 0 aromatic carbocycles. The molecule has 1 N–H and O–H groups in total. The molecule has 0 amide bonds. The van der Waals surface area contributed by atoms with E-state index in [2.05, 4.69) is 6.92 Å². The third-order valence-corrected chi connectivity index (χ3v) is 1.14. The minimum Gasteiger partial charge on any atom is -0.481 e. The molecule has 0 atom stereocenters. The van der Waals surface area contributed by atoms with Crippen molar-refractivity contribution in [1.82, 2.24) is 0 Å². The average molecular weight is 154 g/mol. The second-order valence-electron chi connectivity index (χ2n) is 2.20. The van der Waals surface area contributed by atoms with Gasteiger partial charge in [0.25, 0.3) is 0 Å². The van der Waals surface area contributed by atoms with Crippen LogP contribution in [0.1, 0.15) is 26.2 Å². The van der Waals surface area contributed by atoms with Gasteiger partial charge in [0.05, 0.1) is 0 Å². The second-order valence-corrected chi connectivity index (χ2v) is 2.20. The van der Waals surface area contributed by atoms with Gasteiger partial charge in [-0.3, -0.25) is 4.79 Å². The third-order valence-electron chi connectivity index (χ3n) is 1.14. The lowest BCUT2D eigenvalue weighted by molar-refractivity contribution is -0.136. The van der Waals surface area contributed by atoms with Crippen LogP contribution in [0.2, 0.25) is 0 Å². The molecule has 0 aromatic heterocycles. The molecule has 0 spiro atoms. The Morgan fingerprint density at radius 2 is 2.00 bits per heavy atom. The van der Waals surface area contributed by atoms with Crippen LogP contribution in [-0.4, -0.2) is 11.1 Å². The smallest absolute Gasteiger partial charge is 0.303 e. The summed E-state index contributed by atoms with van der Waals surface area (Å²) in [6.07, 6.45) is 9.55. The lowest BCUT2D eigenvalue weighted by Crippen LogP contribution is -1.91. The minimum absolute atomic E-state index is 0.219. The zero-order valence-electron chi connectivity index (χ0n) is 6.79.